The number of hydrogen-bond donors (Lipinski definition) is 1. The summed E-state index contributed by atoms with van der Waals surface area (Å²) < 4.78 is 2.46. The van der Waals surface area contributed by atoms with Gasteiger partial charge < -0.3 is 5.32 Å². The molecular formula is C11H19I2N3O. The second-order valence-electron chi connectivity index (χ2n) is 4.87. The van der Waals surface area contributed by atoms with Gasteiger partial charge in [-0.2, -0.15) is 0 Å². The Morgan fingerprint density at radius 3 is 2.18 bits per heavy atom. The maximum absolute atomic E-state index is 11.0. The number of carbonyl (C=O) groups excluding carboxylic acids is 1. The van der Waals surface area contributed by atoms with Gasteiger partial charge in [-0.05, 0) is 25.7 Å². The highest BCUT2D eigenvalue weighted by atomic mass is 127. The molecule has 4 nitrogen and oxygen atoms in total. The molecule has 0 aromatic rings. The van der Waals surface area contributed by atoms with Crippen molar-refractivity contribution in [3.05, 3.63) is 0 Å². The van der Waals surface area contributed by atoms with Gasteiger partial charge >= 0.3 is 0 Å². The van der Waals surface area contributed by atoms with Gasteiger partial charge in [0, 0.05) is 83.7 Å². The maximum atomic E-state index is 11.0. The summed E-state index contributed by atoms with van der Waals surface area (Å²) in [5.74, 6) is 0. The van der Waals surface area contributed by atoms with Crippen molar-refractivity contribution in [1.82, 2.24) is 13.3 Å². The molecule has 1 saturated heterocycles. The smallest absolute Gasteiger partial charge is 0.280 e. The van der Waals surface area contributed by atoms with E-state index in [2.05, 4.69) is 36.2 Å². The van der Waals surface area contributed by atoms with Crippen molar-refractivity contribution in [1.29, 1.82) is 0 Å². The molecule has 1 saturated carbocycles. The van der Waals surface area contributed by atoms with Crippen LogP contribution in [0.25, 0.3) is 0 Å². The number of carbonyl (C=O) groups is 1. The molecule has 0 spiro atoms. The normalized spacial score (nSPS) is 32.4. The molecule has 0 atom stereocenters. The van der Waals surface area contributed by atoms with Gasteiger partial charge in [-0.1, -0.05) is 0 Å². The third-order valence-electron chi connectivity index (χ3n) is 3.79. The summed E-state index contributed by atoms with van der Waals surface area (Å²) in [6.07, 6.45) is 4.76. The van der Waals surface area contributed by atoms with Crippen molar-refractivity contribution in [2.45, 2.75) is 37.8 Å². The fourth-order valence-corrected chi connectivity index (χ4v) is 3.68. The third kappa shape index (κ3) is 4.46. The van der Waals surface area contributed by atoms with E-state index >= 15 is 0 Å². The number of hydrogen-bond acceptors (Lipinski definition) is 3. The van der Waals surface area contributed by atoms with Crippen LogP contribution in [0.4, 0.5) is 4.79 Å². The quantitative estimate of drug-likeness (QED) is 0.296. The first-order valence-electron chi connectivity index (χ1n) is 6.26. The van der Waals surface area contributed by atoms with Crippen LogP contribution in [0.1, 0.15) is 25.7 Å². The molecule has 0 radical (unpaired) electrons. The fraction of sp³-hybridized carbons (Fsp3) is 0.909. The number of halogens is 2. The van der Waals surface area contributed by atoms with Crippen molar-refractivity contribution < 1.29 is 4.79 Å². The van der Waals surface area contributed by atoms with Crippen LogP contribution >= 0.6 is 45.5 Å². The van der Waals surface area contributed by atoms with E-state index in [1.165, 1.54) is 39.0 Å². The summed E-state index contributed by atoms with van der Waals surface area (Å²) in [7, 11) is 0. The summed E-state index contributed by atoms with van der Waals surface area (Å²) in [6, 6.07) is 1.17. The lowest BCUT2D eigenvalue weighted by atomic mass is 9.90. The van der Waals surface area contributed by atoms with Gasteiger partial charge in [0.05, 0.1) is 0 Å². The Hall–Kier alpha value is 0.850. The molecule has 6 heteroatoms. The third-order valence-corrected chi connectivity index (χ3v) is 5.07. The molecule has 17 heavy (non-hydrogen) atoms. The van der Waals surface area contributed by atoms with Crippen LogP contribution < -0.4 is 5.32 Å². The molecule has 98 valence electrons. The zero-order chi connectivity index (χ0) is 12.3. The summed E-state index contributed by atoms with van der Waals surface area (Å²) in [6.45, 7) is 4.78. The molecule has 0 unspecified atom stereocenters. The maximum Gasteiger partial charge on any atom is 0.280 e. The Labute approximate surface area is 130 Å². The first-order valence-corrected chi connectivity index (χ1v) is 8.30. The topological polar surface area (TPSA) is 35.6 Å². The lowest BCUT2D eigenvalue weighted by Gasteiger charge is -2.40. The van der Waals surface area contributed by atoms with Crippen LogP contribution in [0.2, 0.25) is 0 Å². The summed E-state index contributed by atoms with van der Waals surface area (Å²) in [5, 5.41) is 3.03. The molecule has 2 aliphatic rings. The van der Waals surface area contributed by atoms with Crippen molar-refractivity contribution in [2.24, 2.45) is 0 Å². The molecule has 1 aliphatic carbocycles. The SMILES string of the molecule is O=C(I)NC1CCC(N2CCN(I)CC2)CC1. The van der Waals surface area contributed by atoms with Gasteiger partial charge in [0.2, 0.25) is 0 Å². The van der Waals surface area contributed by atoms with Crippen LogP contribution in [-0.2, 0) is 0 Å². The second-order valence-corrected chi connectivity index (χ2v) is 7.21. The van der Waals surface area contributed by atoms with Crippen LogP contribution in [0.15, 0.2) is 0 Å². The van der Waals surface area contributed by atoms with Crippen molar-refractivity contribution >= 4 is 49.4 Å². The number of nitrogens with zero attached hydrogens (tertiary/aromatic N) is 2. The van der Waals surface area contributed by atoms with Crippen molar-refractivity contribution in [2.75, 3.05) is 26.2 Å². The molecule has 0 aromatic carbocycles. The number of rotatable bonds is 2. The summed E-state index contributed by atoms with van der Waals surface area (Å²) in [5.41, 5.74) is 0. The zero-order valence-electron chi connectivity index (χ0n) is 9.87. The number of piperazine rings is 1. The standard InChI is InChI=1S/C11H19I2N3O/c12-11(17)14-9-1-3-10(4-2-9)15-5-7-16(13)8-6-15/h9-10H,1-8H2,(H,14,17). The van der Waals surface area contributed by atoms with Crippen molar-refractivity contribution in [3.63, 3.8) is 0 Å². The van der Waals surface area contributed by atoms with E-state index in [9.17, 15) is 4.79 Å². The monoisotopic (exact) mass is 463 g/mol. The second kappa shape index (κ2) is 6.85. The van der Waals surface area contributed by atoms with E-state index in [0.717, 1.165) is 18.9 Å². The Morgan fingerprint density at radius 2 is 1.65 bits per heavy atom. The Kier molecular flexibility index (Phi) is 5.75. The van der Waals surface area contributed by atoms with Crippen LogP contribution in [-0.4, -0.2) is 50.2 Å². The van der Waals surface area contributed by atoms with Crippen LogP contribution in [0.3, 0.4) is 0 Å². The minimum atomic E-state index is 0.0876. The minimum absolute atomic E-state index is 0.0876. The van der Waals surface area contributed by atoms with Gasteiger partial charge in [-0.3, -0.25) is 9.69 Å². The van der Waals surface area contributed by atoms with Crippen molar-refractivity contribution in [3.8, 4) is 0 Å². The van der Waals surface area contributed by atoms with Gasteiger partial charge in [-0.15, -0.1) is 0 Å². The fourth-order valence-electron chi connectivity index (χ4n) is 2.81. The average Bonchev–Trinajstić information content (AvgIpc) is 2.30. The highest BCUT2D eigenvalue weighted by Gasteiger charge is 2.28. The predicted molar refractivity (Wildman–Crippen MR) is 85.8 cm³/mol. The van der Waals surface area contributed by atoms with E-state index in [1.54, 1.807) is 0 Å². The molecule has 2 rings (SSSR count). The first-order chi connectivity index (χ1) is 8.15. The highest BCUT2D eigenvalue weighted by Crippen LogP contribution is 2.24. The molecule has 0 bridgehead atoms. The largest absolute Gasteiger partial charge is 0.345 e. The molecule has 0 aromatic heterocycles. The van der Waals surface area contributed by atoms with Gasteiger partial charge in [0.25, 0.3) is 3.91 Å². The van der Waals surface area contributed by atoms with Gasteiger partial charge in [0.15, 0.2) is 0 Å². The average molecular weight is 463 g/mol. The lowest BCUT2D eigenvalue weighted by Crippen LogP contribution is -2.49. The molecule has 1 N–H and O–H groups in total. The molecule has 1 heterocycles. The van der Waals surface area contributed by atoms with Gasteiger partial charge in [0.1, 0.15) is 0 Å². The molecule has 1 amide bonds. The number of amides is 1. The first kappa shape index (κ1) is 14.3. The lowest BCUT2D eigenvalue weighted by molar-refractivity contribution is 0.113. The zero-order valence-corrected chi connectivity index (χ0v) is 14.2. The minimum Gasteiger partial charge on any atom is -0.345 e. The molecule has 2 fully saturated rings. The Bertz CT molecular complexity index is 261. The van der Waals surface area contributed by atoms with Gasteiger partial charge in [-0.25, -0.2) is 3.11 Å². The van der Waals surface area contributed by atoms with E-state index in [1.807, 2.05) is 22.6 Å². The van der Waals surface area contributed by atoms with E-state index in [-0.39, 0.29) is 3.91 Å². The summed E-state index contributed by atoms with van der Waals surface area (Å²) >= 11 is 4.24. The predicted octanol–water partition coefficient (Wildman–Crippen LogP) is 2.41. The summed E-state index contributed by atoms with van der Waals surface area (Å²) in [4.78, 5) is 13.6. The number of nitrogens with one attached hydrogen (secondary N) is 1. The van der Waals surface area contributed by atoms with Crippen LogP contribution in [0.5, 0.6) is 0 Å². The van der Waals surface area contributed by atoms with E-state index < -0.39 is 0 Å². The van der Waals surface area contributed by atoms with Crippen LogP contribution in [0, 0.1) is 0 Å². The molecular weight excluding hydrogens is 444 g/mol. The van der Waals surface area contributed by atoms with E-state index in [4.69, 9.17) is 0 Å². The highest BCUT2D eigenvalue weighted by molar-refractivity contribution is 14.1. The molecule has 1 aliphatic heterocycles. The Morgan fingerprint density at radius 1 is 1.06 bits per heavy atom. The Balaban J connectivity index is 1.73. The van der Waals surface area contributed by atoms with E-state index in [0.29, 0.717) is 6.04 Å².